The lowest BCUT2D eigenvalue weighted by atomic mass is 10.0. The summed E-state index contributed by atoms with van der Waals surface area (Å²) in [6.45, 7) is 0. The molecule has 4 rings (SSSR count). The molecule has 0 aliphatic carbocycles. The van der Waals surface area contributed by atoms with Crippen molar-refractivity contribution < 1.29 is 13.2 Å². The van der Waals surface area contributed by atoms with Crippen LogP contribution in [0.2, 0.25) is 0 Å². The normalized spacial score (nSPS) is 20.9. The van der Waals surface area contributed by atoms with E-state index in [1.54, 1.807) is 30.3 Å². The highest BCUT2D eigenvalue weighted by molar-refractivity contribution is 7.92. The van der Waals surface area contributed by atoms with Gasteiger partial charge in [-0.25, -0.2) is 8.42 Å². The number of sulfone groups is 1. The van der Waals surface area contributed by atoms with Gasteiger partial charge in [0.05, 0.1) is 4.90 Å². The third-order valence-electron chi connectivity index (χ3n) is 3.96. The summed E-state index contributed by atoms with van der Waals surface area (Å²) < 4.78 is 30.7. The Kier molecular flexibility index (Phi) is 3.03. The van der Waals surface area contributed by atoms with E-state index in [9.17, 15) is 8.42 Å². The van der Waals surface area contributed by atoms with Gasteiger partial charge >= 0.3 is 0 Å². The molecule has 4 heteroatoms. The van der Waals surface area contributed by atoms with Crippen LogP contribution in [0.25, 0.3) is 10.8 Å². The quantitative estimate of drug-likeness (QED) is 0.693. The lowest BCUT2D eigenvalue weighted by Crippen LogP contribution is -2.09. The Hall–Kier alpha value is -2.17. The van der Waals surface area contributed by atoms with Crippen molar-refractivity contribution in [1.82, 2.24) is 0 Å². The van der Waals surface area contributed by atoms with Crippen LogP contribution >= 0.6 is 0 Å². The fourth-order valence-corrected chi connectivity index (χ4v) is 4.34. The molecule has 0 radical (unpaired) electrons. The third-order valence-corrected chi connectivity index (χ3v) is 5.86. The van der Waals surface area contributed by atoms with Crippen LogP contribution in [0, 0.1) is 0 Å². The van der Waals surface area contributed by atoms with Crippen molar-refractivity contribution in [3.05, 3.63) is 78.4 Å². The molecule has 3 aromatic rings. The lowest BCUT2D eigenvalue weighted by Gasteiger charge is -2.04. The summed E-state index contributed by atoms with van der Waals surface area (Å²) in [5.74, 6) is 0. The van der Waals surface area contributed by atoms with E-state index >= 15 is 0 Å². The van der Waals surface area contributed by atoms with Crippen molar-refractivity contribution in [3.63, 3.8) is 0 Å². The van der Waals surface area contributed by atoms with Crippen molar-refractivity contribution >= 4 is 20.6 Å². The first kappa shape index (κ1) is 13.5. The monoisotopic (exact) mass is 310 g/mol. The highest BCUT2D eigenvalue weighted by atomic mass is 32.2. The minimum Gasteiger partial charge on any atom is -0.347 e. The van der Waals surface area contributed by atoms with E-state index in [0.29, 0.717) is 4.90 Å². The fourth-order valence-electron chi connectivity index (χ4n) is 2.80. The van der Waals surface area contributed by atoms with Gasteiger partial charge in [0.1, 0.15) is 6.10 Å². The third kappa shape index (κ3) is 2.12. The highest BCUT2D eigenvalue weighted by Crippen LogP contribution is 2.46. The van der Waals surface area contributed by atoms with Crippen LogP contribution in [0.3, 0.4) is 0 Å². The molecule has 0 saturated carbocycles. The summed E-state index contributed by atoms with van der Waals surface area (Å²) in [6.07, 6.45) is -0.392. The first-order valence-electron chi connectivity index (χ1n) is 7.10. The molecule has 2 atom stereocenters. The molecule has 3 aromatic carbocycles. The minimum atomic E-state index is -3.45. The van der Waals surface area contributed by atoms with Crippen molar-refractivity contribution in [2.75, 3.05) is 0 Å². The van der Waals surface area contributed by atoms with Crippen LogP contribution in [0.5, 0.6) is 0 Å². The number of rotatable bonds is 3. The van der Waals surface area contributed by atoms with E-state index in [4.69, 9.17) is 4.74 Å². The second kappa shape index (κ2) is 4.93. The molecule has 1 aliphatic rings. The van der Waals surface area contributed by atoms with Gasteiger partial charge < -0.3 is 4.74 Å². The van der Waals surface area contributed by atoms with E-state index in [2.05, 4.69) is 0 Å². The van der Waals surface area contributed by atoms with E-state index in [1.165, 1.54) is 0 Å². The molecule has 0 spiro atoms. The van der Waals surface area contributed by atoms with E-state index in [-0.39, 0.29) is 0 Å². The molecule has 0 bridgehead atoms. The van der Waals surface area contributed by atoms with Gasteiger partial charge in [-0.05, 0) is 28.5 Å². The molecule has 0 amide bonds. The van der Waals surface area contributed by atoms with Crippen LogP contribution < -0.4 is 0 Å². The first-order valence-corrected chi connectivity index (χ1v) is 8.64. The minimum absolute atomic E-state index is 0.308. The first-order chi connectivity index (χ1) is 10.7. The number of hydrogen-bond donors (Lipinski definition) is 0. The molecule has 3 nitrogen and oxygen atoms in total. The summed E-state index contributed by atoms with van der Waals surface area (Å²) in [7, 11) is -3.45. The Labute approximate surface area is 129 Å². The molecule has 0 unspecified atom stereocenters. The number of fused-ring (bicyclic) bond motifs is 1. The number of epoxide rings is 1. The lowest BCUT2D eigenvalue weighted by molar-refractivity contribution is 0.400. The van der Waals surface area contributed by atoms with Gasteiger partial charge in [-0.3, -0.25) is 0 Å². The Balaban J connectivity index is 1.73. The van der Waals surface area contributed by atoms with Gasteiger partial charge in [0.2, 0.25) is 9.84 Å². The zero-order valence-electron chi connectivity index (χ0n) is 11.7. The van der Waals surface area contributed by atoms with Crippen LogP contribution in [-0.4, -0.2) is 13.9 Å². The Morgan fingerprint density at radius 3 is 2.27 bits per heavy atom. The highest BCUT2D eigenvalue weighted by Gasteiger charge is 2.51. The van der Waals surface area contributed by atoms with Crippen LogP contribution in [-0.2, 0) is 14.6 Å². The number of benzene rings is 3. The van der Waals surface area contributed by atoms with Gasteiger partial charge in [0, 0.05) is 0 Å². The average molecular weight is 310 g/mol. The van der Waals surface area contributed by atoms with Crippen LogP contribution in [0.1, 0.15) is 11.7 Å². The predicted molar refractivity (Wildman–Crippen MR) is 85.2 cm³/mol. The SMILES string of the molecule is O=S(=O)(c1ccccc1)[C@@H]1O[C@H]1c1cccc2ccccc12. The zero-order valence-corrected chi connectivity index (χ0v) is 12.5. The molecule has 110 valence electrons. The molecule has 1 aliphatic heterocycles. The van der Waals surface area contributed by atoms with E-state index in [1.807, 2.05) is 42.5 Å². The molecule has 1 fully saturated rings. The maximum absolute atomic E-state index is 12.6. The maximum atomic E-state index is 12.6. The van der Waals surface area contributed by atoms with Crippen molar-refractivity contribution in [2.45, 2.75) is 16.4 Å². The van der Waals surface area contributed by atoms with Crippen LogP contribution in [0.4, 0.5) is 0 Å². The summed E-state index contributed by atoms with van der Waals surface area (Å²) in [5, 5.41) is 2.13. The standard InChI is InChI=1S/C18H14O3S/c19-22(20,14-9-2-1-3-10-14)18-17(21-18)16-12-6-8-13-7-4-5-11-15(13)16/h1-12,17-18H/t17-,18-/m0/s1. The number of hydrogen-bond acceptors (Lipinski definition) is 3. The topological polar surface area (TPSA) is 46.7 Å². The molecule has 0 N–H and O–H groups in total. The van der Waals surface area contributed by atoms with Crippen molar-refractivity contribution in [2.24, 2.45) is 0 Å². The predicted octanol–water partition coefficient (Wildman–Crippen LogP) is 3.71. The average Bonchev–Trinajstić information content (AvgIpc) is 3.36. The number of ether oxygens (including phenoxy) is 1. The Bertz CT molecular complexity index is 927. The van der Waals surface area contributed by atoms with Gasteiger partial charge in [0.15, 0.2) is 5.44 Å². The summed E-state index contributed by atoms with van der Waals surface area (Å²) in [4.78, 5) is 0.308. The van der Waals surface area contributed by atoms with Gasteiger partial charge in [-0.2, -0.15) is 0 Å². The summed E-state index contributed by atoms with van der Waals surface area (Å²) >= 11 is 0. The van der Waals surface area contributed by atoms with E-state index in [0.717, 1.165) is 16.3 Å². The largest absolute Gasteiger partial charge is 0.347 e. The molecular weight excluding hydrogens is 296 g/mol. The summed E-state index contributed by atoms with van der Waals surface area (Å²) in [5.41, 5.74) is 0.142. The van der Waals surface area contributed by atoms with Gasteiger partial charge in [0.25, 0.3) is 0 Å². The molecule has 0 aromatic heterocycles. The second-order valence-electron chi connectivity index (χ2n) is 5.35. The van der Waals surface area contributed by atoms with Crippen molar-refractivity contribution in [3.8, 4) is 0 Å². The van der Waals surface area contributed by atoms with Crippen LogP contribution in [0.15, 0.2) is 77.7 Å². The smallest absolute Gasteiger partial charge is 0.208 e. The second-order valence-corrected chi connectivity index (χ2v) is 7.38. The molecule has 1 saturated heterocycles. The van der Waals surface area contributed by atoms with E-state index < -0.39 is 21.4 Å². The van der Waals surface area contributed by atoms with Gasteiger partial charge in [-0.15, -0.1) is 0 Å². The fraction of sp³-hybridized carbons (Fsp3) is 0.111. The zero-order chi connectivity index (χ0) is 15.2. The summed E-state index contributed by atoms with van der Waals surface area (Å²) in [6, 6.07) is 22.3. The van der Waals surface area contributed by atoms with Gasteiger partial charge in [-0.1, -0.05) is 60.7 Å². The Morgan fingerprint density at radius 2 is 1.45 bits per heavy atom. The molecule has 1 heterocycles. The molecular formula is C18H14O3S. The van der Waals surface area contributed by atoms with Crippen molar-refractivity contribution in [1.29, 1.82) is 0 Å². The maximum Gasteiger partial charge on any atom is 0.208 e. The Morgan fingerprint density at radius 1 is 0.773 bits per heavy atom. The molecule has 22 heavy (non-hydrogen) atoms.